The maximum atomic E-state index is 6.54. The lowest BCUT2D eigenvalue weighted by atomic mass is 11.3. The summed E-state index contributed by atoms with van der Waals surface area (Å²) >= 11 is 19.0. The molecule has 1 rings (SSSR count). The van der Waals surface area contributed by atoms with Gasteiger partial charge in [0.15, 0.2) is 0 Å². The minimum Gasteiger partial charge on any atom is -0.246 e. The van der Waals surface area contributed by atoms with Crippen LogP contribution in [-0.2, 0) is 0 Å². The monoisotopic (exact) mass is 372 g/mol. The van der Waals surface area contributed by atoms with E-state index in [0.717, 1.165) is 0 Å². The molecule has 1 aliphatic heterocycles. The van der Waals surface area contributed by atoms with Crippen LogP contribution in [0.4, 0.5) is 0 Å². The Morgan fingerprint density at radius 3 is 1.44 bits per heavy atom. The van der Waals surface area contributed by atoms with E-state index in [9.17, 15) is 0 Å². The third-order valence-corrected chi connectivity index (χ3v) is 15.5. The summed E-state index contributed by atoms with van der Waals surface area (Å²) in [5.74, 6) is -2.80. The minimum atomic E-state index is -2.80. The van der Waals surface area contributed by atoms with Gasteiger partial charge in [-0.05, 0) is 76.0 Å². The lowest BCUT2D eigenvalue weighted by Crippen LogP contribution is -2.20. The third-order valence-electron chi connectivity index (χ3n) is 2.27. The molecule has 0 saturated heterocycles. The molecule has 0 amide bonds. The van der Waals surface area contributed by atoms with Crippen molar-refractivity contribution in [3.63, 3.8) is 0 Å². The Morgan fingerprint density at radius 2 is 1.11 bits per heavy atom. The van der Waals surface area contributed by atoms with Crippen molar-refractivity contribution in [3.05, 3.63) is 0 Å². The van der Waals surface area contributed by atoms with Crippen LogP contribution < -0.4 is 0 Å². The maximum Gasteiger partial charge on any atom is 0.257 e. The van der Waals surface area contributed by atoms with Crippen LogP contribution in [0.1, 0.15) is 0 Å². The third kappa shape index (κ3) is 3.36. The smallest absolute Gasteiger partial charge is 0.246 e. The van der Waals surface area contributed by atoms with Gasteiger partial charge in [0.25, 0.3) is 5.91 Å². The molecule has 0 radical (unpaired) electrons. The number of halogens is 3. The average Bonchev–Trinajstić information content (AvgIpc) is 2.13. The Kier molecular flexibility index (Phi) is 5.51. The normalized spacial score (nSPS) is 30.0. The predicted octanol–water partition coefficient (Wildman–Crippen LogP) is 5.24. The SMILES string of the molecule is CN(C)P1(Cl)=NP(N(C)C)(N(C)C)=NP(Cl)(Cl)=N1. The first-order valence-electron chi connectivity index (χ1n) is 4.99. The van der Waals surface area contributed by atoms with Gasteiger partial charge in [0.2, 0.25) is 14.2 Å². The van der Waals surface area contributed by atoms with Crippen LogP contribution in [0.25, 0.3) is 0 Å². The molecule has 1 heterocycles. The zero-order valence-electron chi connectivity index (χ0n) is 11.2. The van der Waals surface area contributed by atoms with E-state index in [0.29, 0.717) is 0 Å². The molecular formula is C6H18Cl3N6P3. The molecule has 6 nitrogen and oxygen atoms in total. The Bertz CT molecular complexity index is 481. The molecule has 0 N–H and O–H groups in total. The highest BCUT2D eigenvalue weighted by atomic mass is 35.9. The molecular weight excluding hydrogens is 355 g/mol. The minimum absolute atomic E-state index is 1.78. The molecule has 0 spiro atoms. The summed E-state index contributed by atoms with van der Waals surface area (Å²) in [6.07, 6.45) is 0. The molecule has 1 atom stereocenters. The maximum absolute atomic E-state index is 6.54. The second-order valence-corrected chi connectivity index (χ2v) is 16.5. The van der Waals surface area contributed by atoms with Crippen molar-refractivity contribution in [3.8, 4) is 0 Å². The van der Waals surface area contributed by atoms with Gasteiger partial charge in [-0.2, -0.15) is 13.5 Å². The first kappa shape index (κ1) is 17.5. The van der Waals surface area contributed by atoms with Crippen LogP contribution in [0.15, 0.2) is 13.5 Å². The molecule has 1 aliphatic rings. The summed E-state index contributed by atoms with van der Waals surface area (Å²) in [4.78, 5) is 0. The molecule has 0 aliphatic carbocycles. The van der Waals surface area contributed by atoms with Gasteiger partial charge in [0.1, 0.15) is 0 Å². The Morgan fingerprint density at radius 1 is 0.667 bits per heavy atom. The van der Waals surface area contributed by atoms with Crippen molar-refractivity contribution >= 4 is 53.8 Å². The summed E-state index contributed by atoms with van der Waals surface area (Å²) in [6, 6.07) is 0. The molecule has 0 bridgehead atoms. The van der Waals surface area contributed by atoms with Crippen LogP contribution in [0, 0.1) is 0 Å². The Hall–Kier alpha value is 1.44. The molecule has 18 heavy (non-hydrogen) atoms. The molecule has 108 valence electrons. The summed E-state index contributed by atoms with van der Waals surface area (Å²) in [7, 11) is 8.90. The lowest BCUT2D eigenvalue weighted by molar-refractivity contribution is 0.562. The molecule has 1 unspecified atom stereocenters. The molecule has 0 aromatic carbocycles. The van der Waals surface area contributed by atoms with E-state index < -0.39 is 20.1 Å². The van der Waals surface area contributed by atoms with Gasteiger partial charge in [0, 0.05) is 0 Å². The summed E-state index contributed by atoms with van der Waals surface area (Å²) in [5.41, 5.74) is 0. The fourth-order valence-electron chi connectivity index (χ4n) is 1.33. The van der Waals surface area contributed by atoms with E-state index in [4.69, 9.17) is 38.2 Å². The van der Waals surface area contributed by atoms with Crippen molar-refractivity contribution in [2.24, 2.45) is 13.5 Å². The fourth-order valence-corrected chi connectivity index (χ4v) is 16.4. The Labute approximate surface area is 123 Å². The molecule has 0 aromatic heterocycles. The van der Waals surface area contributed by atoms with E-state index in [1.54, 1.807) is 4.67 Å². The lowest BCUT2D eigenvalue weighted by Gasteiger charge is -2.38. The highest BCUT2D eigenvalue weighted by Gasteiger charge is 2.38. The molecule has 0 saturated carbocycles. The van der Waals surface area contributed by atoms with Gasteiger partial charge in [-0.25, -0.2) is 14.0 Å². The average molecular weight is 374 g/mol. The summed E-state index contributed by atoms with van der Waals surface area (Å²) in [6.45, 7) is -2.57. The molecule has 0 fully saturated rings. The van der Waals surface area contributed by atoms with E-state index in [1.165, 1.54) is 0 Å². The van der Waals surface area contributed by atoms with Gasteiger partial charge >= 0.3 is 0 Å². The second kappa shape index (κ2) is 5.67. The Balaban J connectivity index is 3.71. The fraction of sp³-hybridized carbons (Fsp3) is 1.00. The van der Waals surface area contributed by atoms with E-state index in [1.807, 2.05) is 51.6 Å². The standard InChI is InChI=1S/C6H18Cl3N6P3/c1-13(2)17(9)10-16(7,8)11-18(12-17,14(3)4)15(5)6/h1-6H3. The zero-order chi connectivity index (χ0) is 14.4. The van der Waals surface area contributed by atoms with Crippen LogP contribution in [-0.4, -0.2) is 56.3 Å². The van der Waals surface area contributed by atoms with Gasteiger partial charge in [-0.3, -0.25) is 0 Å². The van der Waals surface area contributed by atoms with Gasteiger partial charge in [0.05, 0.1) is 0 Å². The van der Waals surface area contributed by atoms with Gasteiger partial charge in [-0.1, -0.05) is 0 Å². The van der Waals surface area contributed by atoms with Crippen LogP contribution in [0.3, 0.4) is 0 Å². The first-order valence-corrected chi connectivity index (χ1v) is 12.6. The van der Waals surface area contributed by atoms with E-state index >= 15 is 0 Å². The largest absolute Gasteiger partial charge is 0.257 e. The summed E-state index contributed by atoms with van der Waals surface area (Å²) < 4.78 is 19.2. The van der Waals surface area contributed by atoms with Crippen molar-refractivity contribution in [1.82, 2.24) is 14.0 Å². The second-order valence-electron chi connectivity index (χ2n) is 4.30. The van der Waals surface area contributed by atoms with Crippen LogP contribution in [0.5, 0.6) is 0 Å². The van der Waals surface area contributed by atoms with Crippen molar-refractivity contribution in [2.45, 2.75) is 0 Å². The van der Waals surface area contributed by atoms with Gasteiger partial charge in [-0.15, -0.1) is 0 Å². The molecule has 12 heteroatoms. The van der Waals surface area contributed by atoms with Crippen molar-refractivity contribution in [2.75, 3.05) is 42.3 Å². The zero-order valence-corrected chi connectivity index (χ0v) is 16.1. The summed E-state index contributed by atoms with van der Waals surface area (Å²) in [5, 5.41) is 0. The molecule has 0 aromatic rings. The van der Waals surface area contributed by atoms with Crippen molar-refractivity contribution in [1.29, 1.82) is 0 Å². The number of hydrogen-bond donors (Lipinski definition) is 0. The highest BCUT2D eigenvalue weighted by molar-refractivity contribution is 8.15. The number of rotatable bonds is 3. The van der Waals surface area contributed by atoms with Crippen LogP contribution >= 0.6 is 53.8 Å². The first-order chi connectivity index (χ1) is 7.95. The quantitative estimate of drug-likeness (QED) is 0.636. The number of nitrogens with zero attached hydrogens (tertiary/aromatic N) is 6. The predicted molar refractivity (Wildman–Crippen MR) is 86.7 cm³/mol. The highest BCUT2D eigenvalue weighted by Crippen LogP contribution is 2.84. The number of hydrogen-bond acceptors (Lipinski definition) is 6. The van der Waals surface area contributed by atoms with Crippen molar-refractivity contribution < 1.29 is 0 Å². The van der Waals surface area contributed by atoms with E-state index in [2.05, 4.69) is 9.03 Å². The van der Waals surface area contributed by atoms with Crippen LogP contribution in [0.2, 0.25) is 0 Å². The van der Waals surface area contributed by atoms with Gasteiger partial charge < -0.3 is 0 Å². The van der Waals surface area contributed by atoms with E-state index in [-0.39, 0.29) is 0 Å². The topological polar surface area (TPSA) is 46.8 Å².